The fourth-order valence-corrected chi connectivity index (χ4v) is 3.86. The molecule has 1 aliphatic rings. The Bertz CT molecular complexity index is 903. The van der Waals surface area contributed by atoms with E-state index in [2.05, 4.69) is 10.2 Å². The largest absolute Gasteiger partial charge is 0.378 e. The molecular formula is C26H36N4O3. The minimum absolute atomic E-state index is 0.00322. The van der Waals surface area contributed by atoms with E-state index >= 15 is 0 Å². The van der Waals surface area contributed by atoms with Crippen LogP contribution in [0.1, 0.15) is 26.3 Å². The van der Waals surface area contributed by atoms with Gasteiger partial charge >= 0.3 is 0 Å². The van der Waals surface area contributed by atoms with E-state index in [-0.39, 0.29) is 30.4 Å². The van der Waals surface area contributed by atoms with Gasteiger partial charge in [-0.3, -0.25) is 14.5 Å². The normalized spacial score (nSPS) is 14.3. The summed E-state index contributed by atoms with van der Waals surface area (Å²) in [5, 5.41) is 2.93. The maximum Gasteiger partial charge on any atom is 0.238 e. The molecule has 1 N–H and O–H groups in total. The number of nitrogens with one attached hydrogen (secondary N) is 1. The van der Waals surface area contributed by atoms with Gasteiger partial charge in [-0.05, 0) is 57.6 Å². The summed E-state index contributed by atoms with van der Waals surface area (Å²) < 4.78 is 5.39. The zero-order chi connectivity index (χ0) is 23.8. The maximum absolute atomic E-state index is 13.1. The monoisotopic (exact) mass is 452 g/mol. The first-order valence-electron chi connectivity index (χ1n) is 11.5. The number of rotatable bonds is 8. The van der Waals surface area contributed by atoms with Crippen LogP contribution in [0.2, 0.25) is 0 Å². The number of carbonyl (C=O) groups is 2. The molecule has 7 heteroatoms. The molecule has 2 aromatic carbocycles. The van der Waals surface area contributed by atoms with Crippen LogP contribution in [0.25, 0.3) is 0 Å². The van der Waals surface area contributed by atoms with Crippen LogP contribution in [-0.2, 0) is 20.9 Å². The highest BCUT2D eigenvalue weighted by Gasteiger charge is 2.27. The summed E-state index contributed by atoms with van der Waals surface area (Å²) in [6, 6.07) is 17.8. The Balaban J connectivity index is 1.51. The molecule has 0 saturated carbocycles. The molecule has 3 rings (SSSR count). The average Bonchev–Trinajstić information content (AvgIpc) is 2.78. The van der Waals surface area contributed by atoms with Crippen LogP contribution >= 0.6 is 0 Å². The number of nitrogens with zero attached hydrogens (tertiary/aromatic N) is 3. The van der Waals surface area contributed by atoms with E-state index in [1.54, 1.807) is 11.9 Å². The molecule has 0 unspecified atom stereocenters. The van der Waals surface area contributed by atoms with Gasteiger partial charge in [0.05, 0.1) is 26.3 Å². The summed E-state index contributed by atoms with van der Waals surface area (Å²) >= 11 is 0. The van der Waals surface area contributed by atoms with Crippen molar-refractivity contribution in [3.05, 3.63) is 60.2 Å². The van der Waals surface area contributed by atoms with Crippen LogP contribution in [-0.4, -0.2) is 73.6 Å². The Morgan fingerprint density at radius 1 is 0.970 bits per heavy atom. The number of likely N-dealkylation sites (N-methyl/N-ethyl adjacent to an activating group) is 1. The van der Waals surface area contributed by atoms with Gasteiger partial charge < -0.3 is 19.9 Å². The molecule has 7 nitrogen and oxygen atoms in total. The van der Waals surface area contributed by atoms with Gasteiger partial charge in [-0.25, -0.2) is 0 Å². The number of amides is 2. The van der Waals surface area contributed by atoms with E-state index in [1.807, 2.05) is 80.3 Å². The van der Waals surface area contributed by atoms with Crippen LogP contribution in [0.15, 0.2) is 54.6 Å². The summed E-state index contributed by atoms with van der Waals surface area (Å²) in [7, 11) is 1.79. The highest BCUT2D eigenvalue weighted by atomic mass is 16.5. The van der Waals surface area contributed by atoms with Crippen LogP contribution < -0.4 is 10.2 Å². The summed E-state index contributed by atoms with van der Waals surface area (Å²) in [6.07, 6.45) is 0. The first-order valence-corrected chi connectivity index (χ1v) is 11.5. The van der Waals surface area contributed by atoms with Gasteiger partial charge in [-0.15, -0.1) is 0 Å². The number of hydrogen-bond acceptors (Lipinski definition) is 5. The van der Waals surface area contributed by atoms with Gasteiger partial charge in [0.25, 0.3) is 0 Å². The fraction of sp³-hybridized carbons (Fsp3) is 0.462. The van der Waals surface area contributed by atoms with Crippen LogP contribution in [0.4, 0.5) is 11.4 Å². The van der Waals surface area contributed by atoms with Gasteiger partial charge in [-0.1, -0.05) is 30.3 Å². The average molecular weight is 453 g/mol. The van der Waals surface area contributed by atoms with E-state index in [4.69, 9.17) is 4.74 Å². The van der Waals surface area contributed by atoms with Crippen molar-refractivity contribution < 1.29 is 14.3 Å². The number of benzene rings is 2. The van der Waals surface area contributed by atoms with E-state index < -0.39 is 0 Å². The van der Waals surface area contributed by atoms with Crippen molar-refractivity contribution in [2.24, 2.45) is 0 Å². The Labute approximate surface area is 197 Å². The minimum atomic E-state index is -0.321. The van der Waals surface area contributed by atoms with Crippen molar-refractivity contribution in [3.8, 4) is 0 Å². The van der Waals surface area contributed by atoms with Crippen molar-refractivity contribution in [2.45, 2.75) is 32.9 Å². The summed E-state index contributed by atoms with van der Waals surface area (Å²) in [5.41, 5.74) is 2.64. The van der Waals surface area contributed by atoms with Crippen LogP contribution in [0, 0.1) is 0 Å². The van der Waals surface area contributed by atoms with Crippen molar-refractivity contribution in [1.29, 1.82) is 0 Å². The van der Waals surface area contributed by atoms with Gasteiger partial charge in [0.15, 0.2) is 0 Å². The predicted molar refractivity (Wildman–Crippen MR) is 132 cm³/mol. The number of carbonyl (C=O) groups excluding carboxylic acids is 2. The van der Waals surface area contributed by atoms with E-state index in [9.17, 15) is 9.59 Å². The second-order valence-corrected chi connectivity index (χ2v) is 9.50. The molecular weight excluding hydrogens is 416 g/mol. The lowest BCUT2D eigenvalue weighted by atomic mass is 10.0. The Hall–Kier alpha value is -2.90. The summed E-state index contributed by atoms with van der Waals surface area (Å²) in [5.74, 6) is -0.147. The first-order chi connectivity index (χ1) is 15.7. The standard InChI is InChI=1S/C26H36N4O3/c1-26(2,3)30(18-21-8-6-5-7-9-21)25(32)20-28(4)19-24(31)27-22-10-12-23(13-11-22)29-14-16-33-17-15-29/h5-13H,14-20H2,1-4H3,(H,27,31). The number of morpholine rings is 1. The van der Waals surface area contributed by atoms with Gasteiger partial charge in [0.1, 0.15) is 0 Å². The molecule has 2 aromatic rings. The van der Waals surface area contributed by atoms with Crippen molar-refractivity contribution in [1.82, 2.24) is 9.80 Å². The third-order valence-corrected chi connectivity index (χ3v) is 5.64. The molecule has 1 heterocycles. The van der Waals surface area contributed by atoms with Crippen molar-refractivity contribution in [3.63, 3.8) is 0 Å². The molecule has 0 spiro atoms. The summed E-state index contributed by atoms with van der Waals surface area (Å²) in [4.78, 5) is 31.5. The predicted octanol–water partition coefficient (Wildman–Crippen LogP) is 3.22. The molecule has 0 bridgehead atoms. The van der Waals surface area contributed by atoms with Gasteiger partial charge in [-0.2, -0.15) is 0 Å². The molecule has 0 atom stereocenters. The molecule has 1 saturated heterocycles. The fourth-order valence-electron chi connectivity index (χ4n) is 3.86. The summed E-state index contributed by atoms with van der Waals surface area (Å²) in [6.45, 7) is 10.2. The van der Waals surface area contributed by atoms with E-state index in [1.165, 1.54) is 0 Å². The van der Waals surface area contributed by atoms with Crippen molar-refractivity contribution in [2.75, 3.05) is 56.7 Å². The van der Waals surface area contributed by atoms with Crippen LogP contribution in [0.5, 0.6) is 0 Å². The molecule has 178 valence electrons. The van der Waals surface area contributed by atoms with Crippen molar-refractivity contribution >= 4 is 23.2 Å². The third kappa shape index (κ3) is 7.58. The first kappa shape index (κ1) is 24.7. The van der Waals surface area contributed by atoms with E-state index in [0.29, 0.717) is 6.54 Å². The highest BCUT2D eigenvalue weighted by molar-refractivity contribution is 5.92. The molecule has 0 aliphatic carbocycles. The number of ether oxygens (including phenoxy) is 1. The maximum atomic E-state index is 13.1. The molecule has 33 heavy (non-hydrogen) atoms. The topological polar surface area (TPSA) is 65.1 Å². The zero-order valence-electron chi connectivity index (χ0n) is 20.2. The quantitative estimate of drug-likeness (QED) is 0.666. The highest BCUT2D eigenvalue weighted by Crippen LogP contribution is 2.20. The minimum Gasteiger partial charge on any atom is -0.378 e. The number of anilines is 2. The van der Waals surface area contributed by atoms with Gasteiger partial charge in [0, 0.05) is 36.5 Å². The Kier molecular flexibility index (Phi) is 8.47. The lowest BCUT2D eigenvalue weighted by molar-refractivity contribution is -0.137. The smallest absolute Gasteiger partial charge is 0.238 e. The molecule has 1 fully saturated rings. The lowest BCUT2D eigenvalue weighted by Crippen LogP contribution is -2.49. The molecule has 2 amide bonds. The van der Waals surface area contributed by atoms with Crippen LogP contribution in [0.3, 0.4) is 0 Å². The third-order valence-electron chi connectivity index (χ3n) is 5.64. The lowest BCUT2D eigenvalue weighted by Gasteiger charge is -2.37. The Morgan fingerprint density at radius 3 is 2.21 bits per heavy atom. The molecule has 1 aliphatic heterocycles. The zero-order valence-corrected chi connectivity index (χ0v) is 20.2. The molecule has 0 aromatic heterocycles. The SMILES string of the molecule is CN(CC(=O)Nc1ccc(N2CCOCC2)cc1)CC(=O)N(Cc1ccccc1)C(C)(C)C. The molecule has 0 radical (unpaired) electrons. The Morgan fingerprint density at radius 2 is 1.61 bits per heavy atom. The second-order valence-electron chi connectivity index (χ2n) is 9.50. The number of hydrogen-bond donors (Lipinski definition) is 1. The second kappa shape index (κ2) is 11.3. The van der Waals surface area contributed by atoms with Gasteiger partial charge in [0.2, 0.25) is 11.8 Å². The van der Waals surface area contributed by atoms with E-state index in [0.717, 1.165) is 43.2 Å².